The van der Waals surface area contributed by atoms with Crippen molar-refractivity contribution in [3.8, 4) is 0 Å². The van der Waals surface area contributed by atoms with E-state index in [0.717, 1.165) is 11.5 Å². The number of thioether (sulfide) groups is 2. The zero-order valence-corrected chi connectivity index (χ0v) is 7.57. The summed E-state index contributed by atoms with van der Waals surface area (Å²) in [7, 11) is -0.674. The van der Waals surface area contributed by atoms with Crippen LogP contribution in [0, 0.1) is 0 Å². The fourth-order valence-electron chi connectivity index (χ4n) is 0.532. The van der Waals surface area contributed by atoms with E-state index < -0.39 is 10.8 Å². The standard InChI is InChI=1S/C5H8OS3/c1-7-5-4-9(6)3-2-8-5/h4H,2-3H2,1H3. The smallest absolute Gasteiger partial charge is 0.0487 e. The van der Waals surface area contributed by atoms with Gasteiger partial charge in [0, 0.05) is 32.0 Å². The van der Waals surface area contributed by atoms with E-state index in [2.05, 4.69) is 0 Å². The molecule has 0 aromatic rings. The average molecular weight is 180 g/mol. The van der Waals surface area contributed by atoms with Gasteiger partial charge in [-0.2, -0.15) is 0 Å². The molecule has 0 aromatic heterocycles. The Bertz CT molecular complexity index is 152. The van der Waals surface area contributed by atoms with Crippen LogP contribution in [0.4, 0.5) is 0 Å². The zero-order valence-electron chi connectivity index (χ0n) is 5.12. The highest BCUT2D eigenvalue weighted by Gasteiger charge is 2.06. The molecule has 1 nitrogen and oxygen atoms in total. The Kier molecular flexibility index (Phi) is 3.15. The Morgan fingerprint density at radius 1 is 1.89 bits per heavy atom. The molecular weight excluding hydrogens is 172 g/mol. The van der Waals surface area contributed by atoms with Crippen LogP contribution in [0.1, 0.15) is 0 Å². The maximum atomic E-state index is 10.8. The van der Waals surface area contributed by atoms with Crippen LogP contribution in [0.2, 0.25) is 0 Å². The molecule has 1 aliphatic heterocycles. The van der Waals surface area contributed by atoms with Gasteiger partial charge in [-0.1, -0.05) is 0 Å². The first kappa shape index (κ1) is 7.69. The normalized spacial score (nSPS) is 27.7. The molecule has 0 aliphatic carbocycles. The van der Waals surface area contributed by atoms with Crippen molar-refractivity contribution < 1.29 is 4.21 Å². The molecule has 1 atom stereocenters. The minimum Gasteiger partial charge on any atom is -0.255 e. The summed E-state index contributed by atoms with van der Waals surface area (Å²) in [6.07, 6.45) is 2.02. The lowest BCUT2D eigenvalue weighted by Crippen LogP contribution is -2.01. The number of rotatable bonds is 1. The summed E-state index contributed by atoms with van der Waals surface area (Å²) < 4.78 is 12.0. The monoisotopic (exact) mass is 180 g/mol. The largest absolute Gasteiger partial charge is 0.255 e. The van der Waals surface area contributed by atoms with E-state index in [1.54, 1.807) is 23.5 Å². The molecule has 0 N–H and O–H groups in total. The molecule has 0 saturated heterocycles. The van der Waals surface area contributed by atoms with Crippen LogP contribution < -0.4 is 0 Å². The second kappa shape index (κ2) is 3.68. The van der Waals surface area contributed by atoms with Gasteiger partial charge in [0.15, 0.2) is 0 Å². The Labute approximate surface area is 66.1 Å². The second-order valence-electron chi connectivity index (χ2n) is 1.57. The summed E-state index contributed by atoms with van der Waals surface area (Å²) in [4.78, 5) is 0. The van der Waals surface area contributed by atoms with Crippen molar-refractivity contribution in [3.05, 3.63) is 9.65 Å². The predicted octanol–water partition coefficient (Wildman–Crippen LogP) is 1.64. The van der Waals surface area contributed by atoms with Crippen molar-refractivity contribution in [1.82, 2.24) is 0 Å². The van der Waals surface area contributed by atoms with Gasteiger partial charge in [-0.15, -0.1) is 23.5 Å². The third-order valence-corrected chi connectivity index (χ3v) is 4.80. The molecular formula is C5H8OS3. The number of hydrogen-bond acceptors (Lipinski definition) is 3. The predicted molar refractivity (Wildman–Crippen MR) is 47.1 cm³/mol. The van der Waals surface area contributed by atoms with Crippen LogP contribution in [0.5, 0.6) is 0 Å². The summed E-state index contributed by atoms with van der Waals surface area (Å²) in [6.45, 7) is 0. The molecule has 1 aliphatic rings. The average Bonchev–Trinajstić information content (AvgIpc) is 1.88. The topological polar surface area (TPSA) is 17.1 Å². The Hall–Kier alpha value is 0.590. The Morgan fingerprint density at radius 2 is 2.67 bits per heavy atom. The van der Waals surface area contributed by atoms with Crippen LogP contribution in [0.25, 0.3) is 0 Å². The molecule has 0 amide bonds. The first-order valence-corrected chi connectivity index (χ1v) is 6.18. The van der Waals surface area contributed by atoms with Gasteiger partial charge in [-0.25, -0.2) is 0 Å². The summed E-state index contributed by atoms with van der Waals surface area (Å²) in [5.74, 6) is 1.84. The molecule has 0 radical (unpaired) electrons. The van der Waals surface area contributed by atoms with Crippen molar-refractivity contribution in [3.63, 3.8) is 0 Å². The van der Waals surface area contributed by atoms with E-state index in [4.69, 9.17) is 0 Å². The van der Waals surface area contributed by atoms with Crippen LogP contribution in [0.15, 0.2) is 9.65 Å². The van der Waals surface area contributed by atoms with Gasteiger partial charge in [-0.3, -0.25) is 4.21 Å². The SMILES string of the molecule is CSC1=CS(=O)CCS1. The minimum atomic E-state index is -0.674. The van der Waals surface area contributed by atoms with Gasteiger partial charge in [-0.05, 0) is 6.26 Å². The van der Waals surface area contributed by atoms with Crippen molar-refractivity contribution in [2.24, 2.45) is 0 Å². The molecule has 1 heterocycles. The molecule has 0 bridgehead atoms. The van der Waals surface area contributed by atoms with Gasteiger partial charge in [0.05, 0.1) is 0 Å². The highest BCUT2D eigenvalue weighted by atomic mass is 32.2. The van der Waals surface area contributed by atoms with Crippen LogP contribution >= 0.6 is 23.5 Å². The van der Waals surface area contributed by atoms with Crippen molar-refractivity contribution in [2.45, 2.75) is 0 Å². The fourth-order valence-corrected chi connectivity index (χ4v) is 4.08. The van der Waals surface area contributed by atoms with E-state index in [9.17, 15) is 4.21 Å². The number of hydrogen-bond donors (Lipinski definition) is 0. The summed E-state index contributed by atoms with van der Waals surface area (Å²) >= 11 is 3.48. The van der Waals surface area contributed by atoms with Gasteiger partial charge in [0.25, 0.3) is 0 Å². The highest BCUT2D eigenvalue weighted by Crippen LogP contribution is 2.29. The molecule has 0 fully saturated rings. The minimum absolute atomic E-state index is 0.674. The first-order chi connectivity index (χ1) is 4.33. The summed E-state index contributed by atoms with van der Waals surface area (Å²) in [5, 5.41) is 1.85. The molecule has 0 aromatic carbocycles. The van der Waals surface area contributed by atoms with E-state index in [1.807, 2.05) is 11.7 Å². The lowest BCUT2D eigenvalue weighted by molar-refractivity contribution is 0.689. The van der Waals surface area contributed by atoms with E-state index >= 15 is 0 Å². The van der Waals surface area contributed by atoms with E-state index in [-0.39, 0.29) is 0 Å². The molecule has 0 saturated carbocycles. The third-order valence-electron chi connectivity index (χ3n) is 0.958. The van der Waals surface area contributed by atoms with Gasteiger partial charge < -0.3 is 0 Å². The molecule has 1 rings (SSSR count). The van der Waals surface area contributed by atoms with Crippen molar-refractivity contribution >= 4 is 34.3 Å². The highest BCUT2D eigenvalue weighted by molar-refractivity contribution is 8.23. The maximum Gasteiger partial charge on any atom is 0.0487 e. The quantitative estimate of drug-likeness (QED) is 0.611. The van der Waals surface area contributed by atoms with Crippen LogP contribution in [-0.2, 0) is 10.8 Å². The van der Waals surface area contributed by atoms with Gasteiger partial charge in [0.2, 0.25) is 0 Å². The van der Waals surface area contributed by atoms with Gasteiger partial charge >= 0.3 is 0 Å². The molecule has 0 spiro atoms. The molecule has 4 heteroatoms. The Morgan fingerprint density at radius 3 is 3.11 bits per heavy atom. The van der Waals surface area contributed by atoms with Gasteiger partial charge in [0.1, 0.15) is 0 Å². The van der Waals surface area contributed by atoms with Crippen molar-refractivity contribution in [1.29, 1.82) is 0 Å². The molecule has 1 unspecified atom stereocenters. The first-order valence-electron chi connectivity index (χ1n) is 2.58. The molecule has 52 valence electrons. The third kappa shape index (κ3) is 2.35. The van der Waals surface area contributed by atoms with Crippen LogP contribution in [-0.4, -0.2) is 22.0 Å². The van der Waals surface area contributed by atoms with Crippen molar-refractivity contribution in [2.75, 3.05) is 17.8 Å². The van der Waals surface area contributed by atoms with E-state index in [0.29, 0.717) is 0 Å². The lowest BCUT2D eigenvalue weighted by Gasteiger charge is -2.07. The Balaban J connectivity index is 2.59. The van der Waals surface area contributed by atoms with Crippen LogP contribution in [0.3, 0.4) is 0 Å². The molecule has 9 heavy (non-hydrogen) atoms. The fraction of sp³-hybridized carbons (Fsp3) is 0.600. The lowest BCUT2D eigenvalue weighted by atomic mass is 11.0. The summed E-state index contributed by atoms with van der Waals surface area (Å²) in [5.41, 5.74) is 0. The van der Waals surface area contributed by atoms with E-state index in [1.165, 1.54) is 4.24 Å². The summed E-state index contributed by atoms with van der Waals surface area (Å²) in [6, 6.07) is 0. The zero-order chi connectivity index (χ0) is 6.69. The maximum absolute atomic E-state index is 10.8. The second-order valence-corrected chi connectivity index (χ2v) is 5.22.